The first-order chi connectivity index (χ1) is 19.0. The van der Waals surface area contributed by atoms with Crippen molar-refractivity contribution in [3.05, 3.63) is 77.0 Å². The minimum Gasteiger partial charge on any atom is -0.486 e. The van der Waals surface area contributed by atoms with Gasteiger partial charge in [0, 0.05) is 17.9 Å². The topological polar surface area (TPSA) is 138 Å². The van der Waals surface area contributed by atoms with E-state index >= 15 is 0 Å². The van der Waals surface area contributed by atoms with Crippen LogP contribution >= 0.6 is 0 Å². The molecule has 1 unspecified atom stereocenters. The zero-order valence-electron chi connectivity index (χ0n) is 22.1. The number of rotatable bonds is 10. The van der Waals surface area contributed by atoms with E-state index in [1.807, 2.05) is 29.8 Å². The predicted molar refractivity (Wildman–Crippen MR) is 148 cm³/mol. The van der Waals surface area contributed by atoms with Gasteiger partial charge in [-0.25, -0.2) is 21.8 Å². The third kappa shape index (κ3) is 6.39. The van der Waals surface area contributed by atoms with E-state index in [0.717, 1.165) is 24.0 Å². The number of aryl methyl sites for hydroxylation is 1. The van der Waals surface area contributed by atoms with E-state index in [-0.39, 0.29) is 24.9 Å². The molecule has 0 saturated carbocycles. The molecular weight excluding hydrogens is 556 g/mol. The van der Waals surface area contributed by atoms with Gasteiger partial charge in [-0.3, -0.25) is 9.52 Å². The molecule has 1 N–H and O–H groups in total. The molecule has 1 aliphatic carbocycles. The van der Waals surface area contributed by atoms with Gasteiger partial charge in [-0.15, -0.1) is 0 Å². The van der Waals surface area contributed by atoms with Crippen LogP contribution in [0, 0.1) is 6.92 Å². The third-order valence-corrected chi connectivity index (χ3v) is 9.58. The SMILES string of the molecule is Cc1nc(OCCCS(C)(=O)=O)ccc1Oc1cccc2c1CC[C@H]2Oc1ccc(C2CC(=O)NS2(=O)=O)cc1. The molecule has 0 bridgehead atoms. The molecule has 212 valence electrons. The number of nitrogens with one attached hydrogen (secondary N) is 1. The van der Waals surface area contributed by atoms with Gasteiger partial charge >= 0.3 is 0 Å². The average Bonchev–Trinajstić information content (AvgIpc) is 3.42. The monoisotopic (exact) mass is 586 g/mol. The summed E-state index contributed by atoms with van der Waals surface area (Å²) in [5.41, 5.74) is 3.25. The van der Waals surface area contributed by atoms with Gasteiger partial charge in [-0.1, -0.05) is 24.3 Å². The van der Waals surface area contributed by atoms with E-state index in [1.165, 1.54) is 6.26 Å². The quantitative estimate of drug-likeness (QED) is 0.350. The fourth-order valence-electron chi connectivity index (χ4n) is 4.90. The molecule has 3 aromatic rings. The standard InChI is InChI=1S/C28H30N2O8S2/c1-18-23(13-14-28(29-18)36-15-4-16-39(2,32)33)38-24-6-3-5-21-22(24)11-12-25(21)37-20-9-7-19(8-10-20)26-17-27(31)30-40(26,34)35/h3,5-10,13-14,25-26H,4,11-12,15-17H2,1-2H3,(H,30,31)/t25-,26?/m1/s1. The maximum absolute atomic E-state index is 12.2. The van der Waals surface area contributed by atoms with Gasteiger partial charge < -0.3 is 14.2 Å². The Labute approximate surface area is 233 Å². The summed E-state index contributed by atoms with van der Waals surface area (Å²) in [7, 11) is -6.72. The summed E-state index contributed by atoms with van der Waals surface area (Å²) < 4.78 is 66.9. The highest BCUT2D eigenvalue weighted by molar-refractivity contribution is 7.91. The van der Waals surface area contributed by atoms with Gasteiger partial charge in [-0.2, -0.15) is 0 Å². The second-order valence-corrected chi connectivity index (χ2v) is 14.1. The summed E-state index contributed by atoms with van der Waals surface area (Å²) in [5.74, 6) is 1.89. The van der Waals surface area contributed by atoms with E-state index in [9.17, 15) is 21.6 Å². The van der Waals surface area contributed by atoms with Crippen molar-refractivity contribution >= 4 is 25.8 Å². The van der Waals surface area contributed by atoms with Crippen LogP contribution in [0.25, 0.3) is 0 Å². The molecule has 12 heteroatoms. The van der Waals surface area contributed by atoms with E-state index in [0.29, 0.717) is 40.8 Å². The van der Waals surface area contributed by atoms with E-state index in [4.69, 9.17) is 14.2 Å². The van der Waals surface area contributed by atoms with E-state index < -0.39 is 31.0 Å². The summed E-state index contributed by atoms with van der Waals surface area (Å²) >= 11 is 0. The van der Waals surface area contributed by atoms with Crippen molar-refractivity contribution in [3.63, 3.8) is 0 Å². The number of amides is 1. The van der Waals surface area contributed by atoms with E-state index in [1.54, 1.807) is 36.4 Å². The highest BCUT2D eigenvalue weighted by Gasteiger charge is 2.37. The molecule has 5 rings (SSSR count). The van der Waals surface area contributed by atoms with Gasteiger partial charge in [0.1, 0.15) is 38.4 Å². The number of aromatic nitrogens is 1. The number of pyridine rings is 1. The third-order valence-electron chi connectivity index (χ3n) is 6.85. The molecule has 2 heterocycles. The van der Waals surface area contributed by atoms with Gasteiger partial charge in [0.25, 0.3) is 0 Å². The molecule has 1 saturated heterocycles. The molecule has 1 aromatic heterocycles. The predicted octanol–water partition coefficient (Wildman–Crippen LogP) is 3.95. The normalized spacial score (nSPS) is 19.6. The number of hydrogen-bond donors (Lipinski definition) is 1. The van der Waals surface area contributed by atoms with E-state index in [2.05, 4.69) is 4.98 Å². The first-order valence-corrected chi connectivity index (χ1v) is 16.5. The lowest BCUT2D eigenvalue weighted by Gasteiger charge is -2.17. The van der Waals surface area contributed by atoms with Crippen molar-refractivity contribution in [2.45, 2.75) is 44.0 Å². The zero-order chi connectivity index (χ0) is 28.5. The highest BCUT2D eigenvalue weighted by atomic mass is 32.2. The number of sulfonamides is 1. The largest absolute Gasteiger partial charge is 0.486 e. The van der Waals surface area contributed by atoms with Crippen LogP contribution in [-0.4, -0.2) is 46.3 Å². The molecule has 1 amide bonds. The molecule has 2 atom stereocenters. The Kier molecular flexibility index (Phi) is 7.74. The summed E-state index contributed by atoms with van der Waals surface area (Å²) in [6, 6.07) is 16.1. The number of fused-ring (bicyclic) bond motifs is 1. The van der Waals surface area contributed by atoms with Crippen molar-refractivity contribution in [3.8, 4) is 23.1 Å². The maximum atomic E-state index is 12.2. The second kappa shape index (κ2) is 11.1. The van der Waals surface area contributed by atoms with Gasteiger partial charge in [0.05, 0.1) is 24.5 Å². The zero-order valence-corrected chi connectivity index (χ0v) is 23.8. The Bertz CT molecular complexity index is 1640. The van der Waals surface area contributed by atoms with Crippen LogP contribution in [0.15, 0.2) is 54.6 Å². The maximum Gasteiger partial charge on any atom is 0.242 e. The number of sulfone groups is 1. The van der Waals surface area contributed by atoms with Gasteiger partial charge in [0.2, 0.25) is 21.8 Å². The van der Waals surface area contributed by atoms with Gasteiger partial charge in [0.15, 0.2) is 0 Å². The van der Waals surface area contributed by atoms with Crippen molar-refractivity contribution in [1.82, 2.24) is 9.71 Å². The Morgan fingerprint density at radius 3 is 2.50 bits per heavy atom. The van der Waals surface area contributed by atoms with Crippen molar-refractivity contribution in [1.29, 1.82) is 0 Å². The van der Waals surface area contributed by atoms with Crippen molar-refractivity contribution < 1.29 is 35.8 Å². The number of nitrogens with zero attached hydrogens (tertiary/aromatic N) is 1. The Balaban J connectivity index is 1.23. The lowest BCUT2D eigenvalue weighted by molar-refractivity contribution is -0.118. The summed E-state index contributed by atoms with van der Waals surface area (Å²) in [6.45, 7) is 2.08. The molecule has 40 heavy (non-hydrogen) atoms. The van der Waals surface area contributed by atoms with Crippen LogP contribution in [0.1, 0.15) is 53.0 Å². The van der Waals surface area contributed by atoms with Gasteiger partial charge in [-0.05, 0) is 61.6 Å². The van der Waals surface area contributed by atoms with Crippen LogP contribution in [0.2, 0.25) is 0 Å². The Hall–Kier alpha value is -3.64. The van der Waals surface area contributed by atoms with Crippen LogP contribution < -0.4 is 18.9 Å². The number of carbonyl (C=O) groups is 1. The molecular formula is C28H30N2O8S2. The first-order valence-electron chi connectivity index (χ1n) is 12.9. The number of hydrogen-bond acceptors (Lipinski definition) is 9. The number of ether oxygens (including phenoxy) is 3. The van der Waals surface area contributed by atoms with Crippen LogP contribution in [-0.2, 0) is 31.1 Å². The van der Waals surface area contributed by atoms with Crippen molar-refractivity contribution in [2.75, 3.05) is 18.6 Å². The highest BCUT2D eigenvalue weighted by Crippen LogP contribution is 2.41. The minimum atomic E-state index is -3.70. The minimum absolute atomic E-state index is 0.0625. The number of benzene rings is 2. The molecule has 2 aliphatic rings. The molecule has 1 aliphatic heterocycles. The average molecular weight is 587 g/mol. The Morgan fingerprint density at radius 1 is 1.05 bits per heavy atom. The lowest BCUT2D eigenvalue weighted by Crippen LogP contribution is -2.21. The first kappa shape index (κ1) is 27.9. The molecule has 0 radical (unpaired) electrons. The summed E-state index contributed by atoms with van der Waals surface area (Å²) in [6.07, 6.45) is 2.83. The lowest BCUT2D eigenvalue weighted by atomic mass is 10.1. The molecule has 0 spiro atoms. The molecule has 1 fully saturated rings. The van der Waals surface area contributed by atoms with Crippen LogP contribution in [0.3, 0.4) is 0 Å². The smallest absolute Gasteiger partial charge is 0.242 e. The second-order valence-electron chi connectivity index (χ2n) is 9.97. The van der Waals surface area contributed by atoms with Crippen LogP contribution in [0.4, 0.5) is 0 Å². The fourth-order valence-corrected chi connectivity index (χ4v) is 6.97. The molecule has 2 aromatic carbocycles. The van der Waals surface area contributed by atoms with Crippen LogP contribution in [0.5, 0.6) is 23.1 Å². The van der Waals surface area contributed by atoms with Crippen molar-refractivity contribution in [2.24, 2.45) is 0 Å². The molecule has 10 nitrogen and oxygen atoms in total. The fraction of sp³-hybridized carbons (Fsp3) is 0.357. The summed E-state index contributed by atoms with van der Waals surface area (Å²) in [5, 5.41) is -0.889. The summed E-state index contributed by atoms with van der Waals surface area (Å²) in [4.78, 5) is 16.0. The Morgan fingerprint density at radius 2 is 1.82 bits per heavy atom. The number of carbonyl (C=O) groups excluding carboxylic acids is 1.